The number of rotatable bonds is 1. The van der Waals surface area contributed by atoms with Crippen LogP contribution < -0.4 is 0 Å². The molecule has 1 aliphatic carbocycles. The minimum atomic E-state index is 0.644. The Morgan fingerprint density at radius 2 is 2.00 bits per heavy atom. The van der Waals surface area contributed by atoms with Crippen LogP contribution in [0.4, 0.5) is 0 Å². The van der Waals surface area contributed by atoms with Crippen LogP contribution in [0.15, 0.2) is 18.2 Å². The minimum Gasteiger partial charge on any atom is -0.192 e. The molecule has 72 valence electrons. The van der Waals surface area contributed by atoms with Crippen LogP contribution >= 0.6 is 0 Å². The molecule has 1 nitrogen and oxygen atoms in total. The van der Waals surface area contributed by atoms with E-state index < -0.39 is 0 Å². The van der Waals surface area contributed by atoms with Crippen LogP contribution in [0.1, 0.15) is 48.3 Å². The predicted octanol–water partition coefficient (Wildman–Crippen LogP) is 3.52. The van der Waals surface area contributed by atoms with Gasteiger partial charge in [-0.05, 0) is 42.9 Å². The zero-order valence-electron chi connectivity index (χ0n) is 8.59. The Balaban J connectivity index is 2.44. The van der Waals surface area contributed by atoms with E-state index in [-0.39, 0.29) is 0 Å². The van der Waals surface area contributed by atoms with Crippen molar-refractivity contribution in [2.24, 2.45) is 0 Å². The Bertz CT molecular complexity index is 367. The lowest BCUT2D eigenvalue weighted by atomic mass is 9.89. The number of hydrogen-bond acceptors (Lipinski definition) is 1. The third-order valence-electron chi connectivity index (χ3n) is 3.21. The summed E-state index contributed by atoms with van der Waals surface area (Å²) in [7, 11) is 0. The largest absolute Gasteiger partial charge is 0.192 e. The maximum absolute atomic E-state index is 9.05. The van der Waals surface area contributed by atoms with Gasteiger partial charge in [0.1, 0.15) is 0 Å². The third kappa shape index (κ3) is 1.53. The van der Waals surface area contributed by atoms with Gasteiger partial charge in [0.15, 0.2) is 0 Å². The zero-order chi connectivity index (χ0) is 9.97. The second kappa shape index (κ2) is 3.84. The molecule has 2 rings (SSSR count). The van der Waals surface area contributed by atoms with Crippen molar-refractivity contribution in [3.8, 4) is 6.07 Å². The van der Waals surface area contributed by atoms with E-state index in [9.17, 15) is 0 Å². The lowest BCUT2D eigenvalue weighted by molar-refractivity contribution is 0.715. The van der Waals surface area contributed by atoms with Crippen LogP contribution in [0, 0.1) is 18.3 Å². The maximum Gasteiger partial charge on any atom is 0.0994 e. The highest BCUT2D eigenvalue weighted by atomic mass is 14.3. The standard InChI is InChI=1S/C13H15N/c1-10-5-4-8-12(9-14)13(10)11-6-2-3-7-11/h4-5,8,11H,2-3,6-7H2,1H3. The van der Waals surface area contributed by atoms with Gasteiger partial charge in [-0.15, -0.1) is 0 Å². The van der Waals surface area contributed by atoms with E-state index in [0.29, 0.717) is 5.92 Å². The molecule has 0 spiro atoms. The quantitative estimate of drug-likeness (QED) is 0.656. The highest BCUT2D eigenvalue weighted by Crippen LogP contribution is 2.37. The first-order chi connectivity index (χ1) is 6.83. The van der Waals surface area contributed by atoms with E-state index in [1.807, 2.05) is 12.1 Å². The molecule has 0 amide bonds. The molecule has 1 aliphatic rings. The van der Waals surface area contributed by atoms with Crippen molar-refractivity contribution in [3.63, 3.8) is 0 Å². The first-order valence-corrected chi connectivity index (χ1v) is 5.32. The van der Waals surface area contributed by atoms with Gasteiger partial charge >= 0.3 is 0 Å². The van der Waals surface area contributed by atoms with Crippen LogP contribution in [-0.4, -0.2) is 0 Å². The number of benzene rings is 1. The molecule has 0 N–H and O–H groups in total. The molecule has 1 fully saturated rings. The molecule has 1 saturated carbocycles. The van der Waals surface area contributed by atoms with Gasteiger partial charge in [-0.25, -0.2) is 0 Å². The van der Waals surface area contributed by atoms with Gasteiger partial charge in [0.2, 0.25) is 0 Å². The lowest BCUT2D eigenvalue weighted by Crippen LogP contribution is -1.99. The van der Waals surface area contributed by atoms with Crippen molar-refractivity contribution in [2.45, 2.75) is 38.5 Å². The van der Waals surface area contributed by atoms with E-state index >= 15 is 0 Å². The summed E-state index contributed by atoms with van der Waals surface area (Å²) >= 11 is 0. The molecule has 1 aromatic carbocycles. The van der Waals surface area contributed by atoms with E-state index in [1.54, 1.807) is 0 Å². The molecule has 0 aromatic heterocycles. The van der Waals surface area contributed by atoms with E-state index in [2.05, 4.69) is 19.1 Å². The molecule has 0 heterocycles. The highest BCUT2D eigenvalue weighted by molar-refractivity contribution is 5.44. The fourth-order valence-corrected chi connectivity index (χ4v) is 2.53. The average Bonchev–Trinajstić information content (AvgIpc) is 2.70. The fraction of sp³-hybridized carbons (Fsp3) is 0.462. The monoisotopic (exact) mass is 185 g/mol. The van der Waals surface area contributed by atoms with Crippen molar-refractivity contribution >= 4 is 0 Å². The average molecular weight is 185 g/mol. The van der Waals surface area contributed by atoms with Crippen molar-refractivity contribution < 1.29 is 0 Å². The van der Waals surface area contributed by atoms with E-state index in [1.165, 1.54) is 36.8 Å². The normalized spacial score (nSPS) is 16.9. The first-order valence-electron chi connectivity index (χ1n) is 5.32. The summed E-state index contributed by atoms with van der Waals surface area (Å²) in [6.45, 7) is 2.12. The molecule has 0 bridgehead atoms. The number of aryl methyl sites for hydroxylation is 1. The molecule has 14 heavy (non-hydrogen) atoms. The summed E-state index contributed by atoms with van der Waals surface area (Å²) in [5, 5.41) is 9.05. The Labute approximate surface area is 85.4 Å². The Morgan fingerprint density at radius 1 is 1.29 bits per heavy atom. The van der Waals surface area contributed by atoms with Crippen LogP contribution in [0.2, 0.25) is 0 Å². The smallest absolute Gasteiger partial charge is 0.0994 e. The molecule has 0 radical (unpaired) electrons. The summed E-state index contributed by atoms with van der Waals surface area (Å²) in [5.74, 6) is 0.644. The Morgan fingerprint density at radius 3 is 2.64 bits per heavy atom. The van der Waals surface area contributed by atoms with Gasteiger partial charge < -0.3 is 0 Å². The SMILES string of the molecule is Cc1cccc(C#N)c1C1CCCC1. The molecule has 0 aliphatic heterocycles. The molecular formula is C13H15N. The lowest BCUT2D eigenvalue weighted by Gasteiger charge is -2.14. The summed E-state index contributed by atoms with van der Waals surface area (Å²) in [6, 6.07) is 8.36. The molecule has 0 unspecified atom stereocenters. The number of hydrogen-bond donors (Lipinski definition) is 0. The van der Waals surface area contributed by atoms with Gasteiger partial charge in [-0.1, -0.05) is 25.0 Å². The van der Waals surface area contributed by atoms with Gasteiger partial charge in [0.25, 0.3) is 0 Å². The van der Waals surface area contributed by atoms with Crippen molar-refractivity contribution in [1.82, 2.24) is 0 Å². The summed E-state index contributed by atoms with van der Waals surface area (Å²) in [5.41, 5.74) is 3.49. The second-order valence-corrected chi connectivity index (χ2v) is 4.13. The van der Waals surface area contributed by atoms with Crippen molar-refractivity contribution in [3.05, 3.63) is 34.9 Å². The summed E-state index contributed by atoms with van der Waals surface area (Å²) < 4.78 is 0. The van der Waals surface area contributed by atoms with Crippen LogP contribution in [-0.2, 0) is 0 Å². The van der Waals surface area contributed by atoms with Crippen LogP contribution in [0.5, 0.6) is 0 Å². The topological polar surface area (TPSA) is 23.8 Å². The van der Waals surface area contributed by atoms with Crippen molar-refractivity contribution in [1.29, 1.82) is 5.26 Å². The number of nitriles is 1. The van der Waals surface area contributed by atoms with Crippen molar-refractivity contribution in [2.75, 3.05) is 0 Å². The molecular weight excluding hydrogens is 170 g/mol. The van der Waals surface area contributed by atoms with E-state index in [0.717, 1.165) is 5.56 Å². The second-order valence-electron chi connectivity index (χ2n) is 4.13. The van der Waals surface area contributed by atoms with Gasteiger partial charge in [-0.2, -0.15) is 5.26 Å². The van der Waals surface area contributed by atoms with Gasteiger partial charge in [-0.3, -0.25) is 0 Å². The van der Waals surface area contributed by atoms with Crippen LogP contribution in [0.25, 0.3) is 0 Å². The molecule has 0 saturated heterocycles. The van der Waals surface area contributed by atoms with E-state index in [4.69, 9.17) is 5.26 Å². The maximum atomic E-state index is 9.05. The van der Waals surface area contributed by atoms with Gasteiger partial charge in [0, 0.05) is 0 Å². The Kier molecular flexibility index (Phi) is 2.54. The molecule has 1 aromatic rings. The number of nitrogens with zero attached hydrogens (tertiary/aromatic N) is 1. The first kappa shape index (κ1) is 9.27. The predicted molar refractivity (Wildman–Crippen MR) is 57.1 cm³/mol. The molecule has 0 atom stereocenters. The third-order valence-corrected chi connectivity index (χ3v) is 3.21. The fourth-order valence-electron chi connectivity index (χ4n) is 2.53. The summed E-state index contributed by atoms with van der Waals surface area (Å²) in [4.78, 5) is 0. The summed E-state index contributed by atoms with van der Waals surface area (Å²) in [6.07, 6.45) is 5.17. The Hall–Kier alpha value is -1.29. The zero-order valence-corrected chi connectivity index (χ0v) is 8.59. The minimum absolute atomic E-state index is 0.644. The molecule has 1 heteroatoms. The van der Waals surface area contributed by atoms with Gasteiger partial charge in [0.05, 0.1) is 11.6 Å². The highest BCUT2D eigenvalue weighted by Gasteiger charge is 2.21. The van der Waals surface area contributed by atoms with Crippen LogP contribution in [0.3, 0.4) is 0 Å².